The van der Waals surface area contributed by atoms with Crippen LogP contribution in [0.5, 0.6) is 0 Å². The average molecular weight is 391 g/mol. The first-order chi connectivity index (χ1) is 10.1. The highest BCUT2D eigenvalue weighted by Gasteiger charge is 2.19. The number of hydrogen-bond acceptors (Lipinski definition) is 2. The third-order valence-corrected chi connectivity index (χ3v) is 4.72. The Bertz CT molecular complexity index is 797. The molecule has 4 heteroatoms. The molecule has 1 aromatic heterocycles. The lowest BCUT2D eigenvalue weighted by molar-refractivity contribution is 0.0601. The van der Waals surface area contributed by atoms with Crippen LogP contribution in [0.1, 0.15) is 10.4 Å². The number of methoxy groups -OCH3 is 1. The van der Waals surface area contributed by atoms with E-state index in [1.54, 1.807) is 6.07 Å². The van der Waals surface area contributed by atoms with E-state index >= 15 is 0 Å². The lowest BCUT2D eigenvalue weighted by Gasteiger charge is -2.10. The number of carbonyl (C=O) groups is 1. The molecule has 0 radical (unpaired) electrons. The summed E-state index contributed by atoms with van der Waals surface area (Å²) in [5, 5.41) is 1.19. The fourth-order valence-electron chi connectivity index (χ4n) is 2.62. The summed E-state index contributed by atoms with van der Waals surface area (Å²) in [7, 11) is 3.43. The molecular formula is C17H14INO2. The number of esters is 1. The van der Waals surface area contributed by atoms with Crippen LogP contribution in [0, 0.1) is 3.57 Å². The third-order valence-electron chi connectivity index (χ3n) is 3.63. The molecule has 2 aromatic carbocycles. The van der Waals surface area contributed by atoms with Crippen LogP contribution in [0.25, 0.3) is 22.2 Å². The van der Waals surface area contributed by atoms with E-state index in [-0.39, 0.29) is 5.97 Å². The molecule has 0 aliphatic rings. The number of carbonyl (C=O) groups excluding carboxylic acids is 1. The molecule has 106 valence electrons. The van der Waals surface area contributed by atoms with Crippen LogP contribution in [0.15, 0.2) is 48.5 Å². The van der Waals surface area contributed by atoms with Crippen molar-refractivity contribution in [3.8, 4) is 11.3 Å². The molecule has 21 heavy (non-hydrogen) atoms. The minimum absolute atomic E-state index is 0.313. The molecule has 0 saturated carbocycles. The van der Waals surface area contributed by atoms with Gasteiger partial charge >= 0.3 is 5.97 Å². The summed E-state index contributed by atoms with van der Waals surface area (Å²) in [5.74, 6) is -0.313. The van der Waals surface area contributed by atoms with Gasteiger partial charge in [0.25, 0.3) is 0 Å². The van der Waals surface area contributed by atoms with Crippen molar-refractivity contribution >= 4 is 39.5 Å². The van der Waals surface area contributed by atoms with Gasteiger partial charge in [-0.15, -0.1) is 0 Å². The second kappa shape index (κ2) is 5.52. The van der Waals surface area contributed by atoms with Gasteiger partial charge in [-0.05, 0) is 34.7 Å². The maximum atomic E-state index is 12.0. The SMILES string of the molecule is COC(=O)c1ccccc1-c1c(I)c2ccccc2n1C. The summed E-state index contributed by atoms with van der Waals surface area (Å²) in [6.45, 7) is 0. The number of rotatable bonds is 2. The Morgan fingerprint density at radius 3 is 2.48 bits per heavy atom. The largest absolute Gasteiger partial charge is 0.465 e. The number of benzene rings is 2. The summed E-state index contributed by atoms with van der Waals surface area (Å²) in [4.78, 5) is 12.0. The van der Waals surface area contributed by atoms with Gasteiger partial charge in [-0.3, -0.25) is 0 Å². The standard InChI is InChI=1S/C17H14INO2/c1-19-14-10-6-5-9-13(14)15(18)16(19)11-7-3-4-8-12(11)17(20)21-2/h3-10H,1-2H3. The highest BCUT2D eigenvalue weighted by Crippen LogP contribution is 2.35. The lowest BCUT2D eigenvalue weighted by atomic mass is 10.0. The monoisotopic (exact) mass is 391 g/mol. The highest BCUT2D eigenvalue weighted by atomic mass is 127. The van der Waals surface area contributed by atoms with Gasteiger partial charge in [0.2, 0.25) is 0 Å². The Hall–Kier alpha value is -1.82. The lowest BCUT2D eigenvalue weighted by Crippen LogP contribution is -2.05. The van der Waals surface area contributed by atoms with Gasteiger partial charge in [0, 0.05) is 27.1 Å². The number of fused-ring (bicyclic) bond motifs is 1. The first-order valence-electron chi connectivity index (χ1n) is 6.55. The van der Waals surface area contributed by atoms with Gasteiger partial charge in [-0.2, -0.15) is 0 Å². The zero-order valence-electron chi connectivity index (χ0n) is 11.8. The Morgan fingerprint density at radius 1 is 1.10 bits per heavy atom. The summed E-state index contributed by atoms with van der Waals surface area (Å²) >= 11 is 2.34. The Labute approximate surface area is 136 Å². The van der Waals surface area contributed by atoms with E-state index in [0.717, 1.165) is 20.3 Å². The van der Waals surface area contributed by atoms with Crippen molar-refractivity contribution in [1.82, 2.24) is 4.57 Å². The van der Waals surface area contributed by atoms with Gasteiger partial charge < -0.3 is 9.30 Å². The summed E-state index contributed by atoms with van der Waals surface area (Å²) < 4.78 is 8.17. The van der Waals surface area contributed by atoms with Crippen molar-refractivity contribution in [3.05, 3.63) is 57.7 Å². The van der Waals surface area contributed by atoms with Gasteiger partial charge in [-0.25, -0.2) is 4.79 Å². The topological polar surface area (TPSA) is 31.2 Å². The van der Waals surface area contributed by atoms with Crippen LogP contribution in [-0.2, 0) is 11.8 Å². The molecule has 3 nitrogen and oxygen atoms in total. The molecular weight excluding hydrogens is 377 g/mol. The van der Waals surface area contributed by atoms with Crippen molar-refractivity contribution in [2.75, 3.05) is 7.11 Å². The molecule has 0 saturated heterocycles. The molecule has 0 spiro atoms. The Kier molecular flexibility index (Phi) is 3.71. The predicted molar refractivity (Wildman–Crippen MR) is 92.4 cm³/mol. The number of ether oxygens (including phenoxy) is 1. The van der Waals surface area contributed by atoms with Crippen LogP contribution in [-0.4, -0.2) is 17.6 Å². The van der Waals surface area contributed by atoms with Crippen molar-refractivity contribution in [2.45, 2.75) is 0 Å². The second-order valence-electron chi connectivity index (χ2n) is 4.78. The Balaban J connectivity index is 2.34. The van der Waals surface area contributed by atoms with Crippen molar-refractivity contribution < 1.29 is 9.53 Å². The molecule has 1 heterocycles. The number of halogens is 1. The summed E-state index contributed by atoms with van der Waals surface area (Å²) in [6, 6.07) is 15.8. The molecule has 3 rings (SSSR count). The molecule has 0 aliphatic heterocycles. The van der Waals surface area contributed by atoms with Crippen LogP contribution in [0.3, 0.4) is 0 Å². The smallest absolute Gasteiger partial charge is 0.338 e. The first-order valence-corrected chi connectivity index (χ1v) is 7.63. The molecule has 0 aliphatic carbocycles. The predicted octanol–water partition coefficient (Wildman–Crippen LogP) is 4.24. The number of para-hydroxylation sites is 1. The molecule has 0 amide bonds. The van der Waals surface area contributed by atoms with Crippen molar-refractivity contribution in [3.63, 3.8) is 0 Å². The third kappa shape index (κ3) is 2.23. The molecule has 0 bridgehead atoms. The maximum absolute atomic E-state index is 12.0. The minimum atomic E-state index is -0.313. The van der Waals surface area contributed by atoms with E-state index in [0.29, 0.717) is 5.56 Å². The zero-order valence-corrected chi connectivity index (χ0v) is 13.9. The molecule has 0 atom stereocenters. The van der Waals surface area contributed by atoms with Crippen LogP contribution in [0.2, 0.25) is 0 Å². The van der Waals surface area contributed by atoms with Gasteiger partial charge in [0.05, 0.1) is 18.4 Å². The van der Waals surface area contributed by atoms with E-state index in [9.17, 15) is 4.79 Å². The fraction of sp³-hybridized carbons (Fsp3) is 0.118. The average Bonchev–Trinajstić information content (AvgIpc) is 2.78. The van der Waals surface area contributed by atoms with Gasteiger partial charge in [0.1, 0.15) is 0 Å². The maximum Gasteiger partial charge on any atom is 0.338 e. The zero-order chi connectivity index (χ0) is 15.0. The fourth-order valence-corrected chi connectivity index (χ4v) is 3.73. The van der Waals surface area contributed by atoms with E-state index in [2.05, 4.69) is 39.3 Å². The molecule has 3 aromatic rings. The number of hydrogen-bond donors (Lipinski definition) is 0. The van der Waals surface area contributed by atoms with Gasteiger partial charge in [-0.1, -0.05) is 36.4 Å². The molecule has 0 N–H and O–H groups in total. The molecule has 0 fully saturated rings. The number of aromatic nitrogens is 1. The summed E-state index contributed by atoms with van der Waals surface area (Å²) in [6.07, 6.45) is 0. The summed E-state index contributed by atoms with van der Waals surface area (Å²) in [5.41, 5.74) is 3.67. The first kappa shape index (κ1) is 14.1. The normalized spacial score (nSPS) is 10.8. The minimum Gasteiger partial charge on any atom is -0.465 e. The Morgan fingerprint density at radius 2 is 1.76 bits per heavy atom. The van der Waals surface area contributed by atoms with Crippen molar-refractivity contribution in [2.24, 2.45) is 7.05 Å². The second-order valence-corrected chi connectivity index (χ2v) is 5.85. The van der Waals surface area contributed by atoms with E-state index in [4.69, 9.17) is 4.74 Å². The van der Waals surface area contributed by atoms with Crippen LogP contribution in [0.4, 0.5) is 0 Å². The van der Waals surface area contributed by atoms with Crippen LogP contribution >= 0.6 is 22.6 Å². The van der Waals surface area contributed by atoms with E-state index < -0.39 is 0 Å². The number of aryl methyl sites for hydroxylation is 1. The highest BCUT2D eigenvalue weighted by molar-refractivity contribution is 14.1. The van der Waals surface area contributed by atoms with E-state index in [1.165, 1.54) is 12.5 Å². The van der Waals surface area contributed by atoms with Gasteiger partial charge in [0.15, 0.2) is 0 Å². The molecule has 0 unspecified atom stereocenters. The quantitative estimate of drug-likeness (QED) is 0.484. The number of nitrogens with zero attached hydrogens (tertiary/aromatic N) is 1. The van der Waals surface area contributed by atoms with E-state index in [1.807, 2.05) is 37.4 Å². The van der Waals surface area contributed by atoms with Crippen LogP contribution < -0.4 is 0 Å². The van der Waals surface area contributed by atoms with Crippen molar-refractivity contribution in [1.29, 1.82) is 0 Å².